The average molecular weight is 1180 g/mol. The van der Waals surface area contributed by atoms with E-state index in [4.69, 9.17) is 0 Å². The van der Waals surface area contributed by atoms with E-state index in [-0.39, 0.29) is 4.70 Å². The second-order valence-electron chi connectivity index (χ2n) is 15.5. The van der Waals surface area contributed by atoms with E-state index < -0.39 is 7.12 Å². The lowest BCUT2D eigenvalue weighted by Crippen LogP contribution is -2.29. The molecule has 0 amide bonds. The quantitative estimate of drug-likeness (QED) is 0.136. The van der Waals surface area contributed by atoms with Crippen molar-refractivity contribution in [1.82, 2.24) is 9.13 Å². The number of nitrogens with zero attached hydrogens (tertiary/aromatic N) is 2. The highest BCUT2D eigenvalue weighted by molar-refractivity contribution is 14.1. The van der Waals surface area contributed by atoms with Gasteiger partial charge in [0, 0.05) is 54.4 Å². The molecule has 0 aliphatic rings. The molecule has 2 aromatic heterocycles. The van der Waals surface area contributed by atoms with Crippen molar-refractivity contribution in [1.29, 1.82) is 0 Å². The molecule has 2 heterocycles. The van der Waals surface area contributed by atoms with Gasteiger partial charge in [0.15, 0.2) is 0 Å². The number of hydrogen-bond acceptors (Lipinski definition) is 2. The van der Waals surface area contributed by atoms with Gasteiger partial charge in [0.2, 0.25) is 0 Å². The van der Waals surface area contributed by atoms with E-state index in [2.05, 4.69) is 247 Å². The van der Waals surface area contributed by atoms with Gasteiger partial charge in [-0.25, -0.2) is 0 Å². The molecule has 65 heavy (non-hydrogen) atoms. The summed E-state index contributed by atoms with van der Waals surface area (Å²) in [5.41, 5.74) is 9.97. The topological polar surface area (TPSA) is 50.3 Å². The predicted molar refractivity (Wildman–Crippen MR) is 299 cm³/mol. The van der Waals surface area contributed by atoms with Crippen LogP contribution in [0.15, 0.2) is 218 Å². The predicted octanol–water partition coefficient (Wildman–Crippen LogP) is 14.9. The van der Waals surface area contributed by atoms with Crippen molar-refractivity contribution in [2.45, 2.75) is 0 Å². The molecule has 0 aliphatic carbocycles. The standard InChI is InChI=1S/C28H18IN.C18H14BNO2.C10H6I2.FH/c29-25-12-6-8-20-7-5-11-22(28(20)25)19-15-17-21(18-16-19)30-26-13-3-1-9-23(26)24-10-2-4-14-27(24)30;21-19(22)13-9-11-14(12-10-13)20-17-7-3-1-5-15(17)16-6-2-4-8-18(16)20;11-8-5-1-3-7-4-2-6-9(12)10(7)8;/h1-18H;1-12,21-22H;1-6H;1H. The lowest BCUT2D eigenvalue weighted by molar-refractivity contribution is 0.426. The van der Waals surface area contributed by atoms with Crippen molar-refractivity contribution in [2.24, 2.45) is 0 Å². The van der Waals surface area contributed by atoms with E-state index in [0.29, 0.717) is 5.46 Å². The molecular weight excluding hydrogens is 1140 g/mol. The van der Waals surface area contributed by atoms with Crippen molar-refractivity contribution in [3.05, 3.63) is 229 Å². The lowest BCUT2D eigenvalue weighted by atomic mass is 9.80. The summed E-state index contributed by atoms with van der Waals surface area (Å²) in [6.07, 6.45) is 0. The molecule has 0 saturated heterocycles. The molecule has 4 nitrogen and oxygen atoms in total. The molecule has 0 atom stereocenters. The van der Waals surface area contributed by atoms with Gasteiger partial charge in [0.25, 0.3) is 0 Å². The summed E-state index contributed by atoms with van der Waals surface area (Å²) in [6.45, 7) is 0. The van der Waals surface area contributed by atoms with Crippen molar-refractivity contribution in [3.8, 4) is 22.5 Å². The number of fused-ring (bicyclic) bond motifs is 8. The fourth-order valence-corrected chi connectivity index (χ4v) is 11.7. The Morgan fingerprint density at radius 2 is 0.677 bits per heavy atom. The van der Waals surface area contributed by atoms with Crippen LogP contribution in [0.4, 0.5) is 4.70 Å². The highest BCUT2D eigenvalue weighted by Crippen LogP contribution is 2.36. The van der Waals surface area contributed by atoms with Crippen LogP contribution in [0.5, 0.6) is 0 Å². The van der Waals surface area contributed by atoms with Gasteiger partial charge in [0.05, 0.1) is 22.1 Å². The van der Waals surface area contributed by atoms with Gasteiger partial charge in [-0.2, -0.15) is 0 Å². The minimum Gasteiger partial charge on any atom is -0.423 e. The minimum absolute atomic E-state index is 0. The van der Waals surface area contributed by atoms with E-state index in [1.165, 1.54) is 81.6 Å². The molecule has 0 unspecified atom stereocenters. The van der Waals surface area contributed by atoms with Crippen LogP contribution < -0.4 is 5.46 Å². The third kappa shape index (κ3) is 8.68. The lowest BCUT2D eigenvalue weighted by Gasteiger charge is -2.11. The van der Waals surface area contributed by atoms with Crippen LogP contribution in [0.25, 0.3) is 87.7 Å². The summed E-state index contributed by atoms with van der Waals surface area (Å²) in [5.74, 6) is 0. The van der Waals surface area contributed by atoms with Gasteiger partial charge >= 0.3 is 7.12 Å². The zero-order valence-electron chi connectivity index (χ0n) is 34.7. The smallest absolute Gasteiger partial charge is 0.423 e. The van der Waals surface area contributed by atoms with Crippen LogP contribution in [0.2, 0.25) is 0 Å². The number of rotatable bonds is 4. The monoisotopic (exact) mass is 1180 g/mol. The van der Waals surface area contributed by atoms with Crippen molar-refractivity contribution < 1.29 is 14.8 Å². The van der Waals surface area contributed by atoms with Gasteiger partial charge in [0.1, 0.15) is 0 Å². The van der Waals surface area contributed by atoms with Crippen molar-refractivity contribution in [3.63, 3.8) is 0 Å². The summed E-state index contributed by atoms with van der Waals surface area (Å²) < 4.78 is 8.50. The van der Waals surface area contributed by atoms with Crippen LogP contribution in [0.1, 0.15) is 0 Å². The van der Waals surface area contributed by atoms with Gasteiger partial charge in [-0.05, 0) is 162 Å². The second kappa shape index (κ2) is 19.5. The molecule has 0 aliphatic heterocycles. The van der Waals surface area contributed by atoms with Gasteiger partial charge in [-0.3, -0.25) is 4.70 Å². The molecule has 0 spiro atoms. The third-order valence-corrected chi connectivity index (χ3v) is 14.4. The molecule has 12 aromatic rings. The fourth-order valence-electron chi connectivity index (χ4n) is 8.77. The van der Waals surface area contributed by atoms with Crippen molar-refractivity contribution in [2.75, 3.05) is 0 Å². The summed E-state index contributed by atoms with van der Waals surface area (Å²) in [6, 6.07) is 76.0. The highest BCUT2D eigenvalue weighted by atomic mass is 127. The maximum absolute atomic E-state index is 9.24. The van der Waals surface area contributed by atoms with E-state index >= 15 is 0 Å². The van der Waals surface area contributed by atoms with Gasteiger partial charge in [-0.1, -0.05) is 152 Å². The fraction of sp³-hybridized carbons (Fsp3) is 0. The second-order valence-corrected chi connectivity index (χ2v) is 19.0. The first-order chi connectivity index (χ1) is 31.4. The Morgan fingerprint density at radius 1 is 0.338 bits per heavy atom. The van der Waals surface area contributed by atoms with Crippen LogP contribution in [-0.2, 0) is 0 Å². The van der Waals surface area contributed by atoms with Crippen LogP contribution in [-0.4, -0.2) is 26.3 Å². The molecule has 0 saturated carbocycles. The van der Waals surface area contributed by atoms with E-state index in [9.17, 15) is 10.0 Å². The van der Waals surface area contributed by atoms with Gasteiger partial charge < -0.3 is 19.2 Å². The summed E-state index contributed by atoms with van der Waals surface area (Å²) in [7, 11) is -1.44. The number of benzene rings is 10. The average Bonchev–Trinajstić information content (AvgIpc) is 3.85. The maximum Gasteiger partial charge on any atom is 0.488 e. The molecule has 12 rings (SSSR count). The molecule has 0 radical (unpaired) electrons. The summed E-state index contributed by atoms with van der Waals surface area (Å²) in [4.78, 5) is 0. The third-order valence-electron chi connectivity index (χ3n) is 11.7. The Labute approximate surface area is 417 Å². The summed E-state index contributed by atoms with van der Waals surface area (Å²) >= 11 is 7.20. The molecule has 0 fully saturated rings. The zero-order valence-corrected chi connectivity index (χ0v) is 41.2. The van der Waals surface area contributed by atoms with Crippen LogP contribution >= 0.6 is 67.8 Å². The van der Waals surface area contributed by atoms with E-state index in [1.807, 2.05) is 36.4 Å². The Hall–Kier alpha value is -5.58. The Kier molecular flexibility index (Phi) is 13.4. The number of aromatic nitrogens is 2. The molecular formula is C56H39BFI3N2O2. The number of para-hydroxylation sites is 4. The van der Waals surface area contributed by atoms with E-state index in [1.54, 1.807) is 12.1 Å². The first kappa shape index (κ1) is 44.6. The highest BCUT2D eigenvalue weighted by Gasteiger charge is 2.15. The minimum atomic E-state index is -1.44. The molecule has 10 aromatic carbocycles. The Morgan fingerprint density at radius 3 is 1.06 bits per heavy atom. The molecule has 2 N–H and O–H groups in total. The first-order valence-corrected chi connectivity index (χ1v) is 24.1. The van der Waals surface area contributed by atoms with Crippen LogP contribution in [0, 0.1) is 10.7 Å². The normalized spacial score (nSPS) is 11.0. The molecule has 316 valence electrons. The Bertz CT molecular complexity index is 3500. The van der Waals surface area contributed by atoms with Crippen molar-refractivity contribution >= 4 is 146 Å². The summed E-state index contributed by atoms with van der Waals surface area (Å²) in [5, 5.41) is 28.8. The SMILES string of the molecule is F.Ic1cccc2cccc(-c3ccc(-n4c5ccccc5c5ccccc54)cc3)c12.Ic1cccc2cccc(I)c12.OB(O)c1ccc(-n2c3ccccc3c3ccccc32)cc1. The first-order valence-electron chi connectivity index (χ1n) is 20.9. The van der Waals surface area contributed by atoms with Gasteiger partial charge in [-0.15, -0.1) is 0 Å². The largest absolute Gasteiger partial charge is 0.488 e. The van der Waals surface area contributed by atoms with Crippen LogP contribution in [0.3, 0.4) is 0 Å². The Balaban J connectivity index is 0.000000133. The molecule has 0 bridgehead atoms. The number of halogens is 4. The molecule has 9 heteroatoms. The number of hydrogen-bond donors (Lipinski definition) is 2. The maximum atomic E-state index is 9.24. The van der Waals surface area contributed by atoms with E-state index in [0.717, 1.165) is 16.7 Å². The zero-order chi connectivity index (χ0) is 43.7.